The van der Waals surface area contributed by atoms with E-state index in [1.165, 1.54) is 0 Å². The molecule has 1 saturated heterocycles. The topological polar surface area (TPSA) is 40.5 Å². The van der Waals surface area contributed by atoms with Gasteiger partial charge in [-0.1, -0.05) is 6.92 Å². The summed E-state index contributed by atoms with van der Waals surface area (Å²) in [6.07, 6.45) is 1.75. The monoisotopic (exact) mass is 157 g/mol. The van der Waals surface area contributed by atoms with Crippen molar-refractivity contribution in [3.63, 3.8) is 0 Å². The van der Waals surface area contributed by atoms with E-state index >= 15 is 0 Å². The predicted octanol–water partition coefficient (Wildman–Crippen LogP) is 0.801. The van der Waals surface area contributed by atoms with Crippen LogP contribution in [0.15, 0.2) is 0 Å². The van der Waals surface area contributed by atoms with Crippen molar-refractivity contribution >= 4 is 5.97 Å². The minimum absolute atomic E-state index is 0.134. The lowest BCUT2D eigenvalue weighted by Gasteiger charge is -2.20. The maximum atomic E-state index is 10.7. The van der Waals surface area contributed by atoms with Crippen molar-refractivity contribution in [2.45, 2.75) is 25.8 Å². The third-order valence-corrected chi connectivity index (χ3v) is 2.56. The highest BCUT2D eigenvalue weighted by atomic mass is 16.4. The van der Waals surface area contributed by atoms with Crippen molar-refractivity contribution in [2.75, 3.05) is 13.6 Å². The molecule has 1 aliphatic rings. The van der Waals surface area contributed by atoms with Gasteiger partial charge in [-0.3, -0.25) is 4.79 Å². The van der Waals surface area contributed by atoms with Gasteiger partial charge in [0.25, 0.3) is 0 Å². The normalized spacial score (nSPS) is 32.5. The number of hydrogen-bond donors (Lipinski definition) is 1. The fourth-order valence-corrected chi connectivity index (χ4v) is 1.89. The summed E-state index contributed by atoms with van der Waals surface area (Å²) >= 11 is 0. The van der Waals surface area contributed by atoms with E-state index in [9.17, 15) is 4.79 Å². The van der Waals surface area contributed by atoms with Gasteiger partial charge in [0.2, 0.25) is 0 Å². The lowest BCUT2D eigenvalue weighted by atomic mass is 9.99. The second kappa shape index (κ2) is 3.22. The summed E-state index contributed by atoms with van der Waals surface area (Å²) in [7, 11) is 2.00. The molecule has 0 aromatic heterocycles. The molecule has 1 rings (SSSR count). The van der Waals surface area contributed by atoms with E-state index in [0.717, 1.165) is 19.4 Å². The molecule has 0 aromatic carbocycles. The lowest BCUT2D eigenvalue weighted by molar-refractivity contribution is -0.142. The second-order valence-electron chi connectivity index (χ2n) is 3.19. The number of hydrogen-bond acceptors (Lipinski definition) is 2. The van der Waals surface area contributed by atoms with Gasteiger partial charge in [0.1, 0.15) is 0 Å². The summed E-state index contributed by atoms with van der Waals surface area (Å²) in [5, 5.41) is 8.81. The largest absolute Gasteiger partial charge is 0.481 e. The van der Waals surface area contributed by atoms with Crippen LogP contribution < -0.4 is 0 Å². The number of carboxylic acids is 1. The first-order chi connectivity index (χ1) is 5.16. The quantitative estimate of drug-likeness (QED) is 0.644. The molecule has 0 bridgehead atoms. The van der Waals surface area contributed by atoms with E-state index in [2.05, 4.69) is 4.90 Å². The van der Waals surface area contributed by atoms with Crippen LogP contribution in [0.1, 0.15) is 19.8 Å². The average molecular weight is 157 g/mol. The zero-order chi connectivity index (χ0) is 8.43. The minimum atomic E-state index is -0.638. The van der Waals surface area contributed by atoms with Crippen molar-refractivity contribution in [2.24, 2.45) is 5.92 Å². The number of nitrogens with zero attached hydrogens (tertiary/aromatic N) is 1. The van der Waals surface area contributed by atoms with Crippen LogP contribution in [0.25, 0.3) is 0 Å². The first-order valence-corrected chi connectivity index (χ1v) is 4.09. The van der Waals surface area contributed by atoms with Crippen molar-refractivity contribution in [3.05, 3.63) is 0 Å². The Morgan fingerprint density at radius 1 is 1.73 bits per heavy atom. The molecule has 1 aliphatic heterocycles. The van der Waals surface area contributed by atoms with Gasteiger partial charge >= 0.3 is 5.97 Å². The van der Waals surface area contributed by atoms with Crippen LogP contribution in [0.4, 0.5) is 0 Å². The zero-order valence-corrected chi connectivity index (χ0v) is 7.08. The van der Waals surface area contributed by atoms with E-state index in [4.69, 9.17) is 5.11 Å². The van der Waals surface area contributed by atoms with Crippen LogP contribution in [0.5, 0.6) is 0 Å². The Bertz CT molecular complexity index is 158. The maximum absolute atomic E-state index is 10.7. The van der Waals surface area contributed by atoms with Crippen molar-refractivity contribution in [3.8, 4) is 0 Å². The van der Waals surface area contributed by atoms with Crippen LogP contribution >= 0.6 is 0 Å². The maximum Gasteiger partial charge on any atom is 0.308 e. The molecule has 2 atom stereocenters. The Labute approximate surface area is 67.0 Å². The molecule has 0 radical (unpaired) electrons. The number of carboxylic acid groups (broad SMARTS) is 1. The molecule has 0 aliphatic carbocycles. The molecule has 11 heavy (non-hydrogen) atoms. The van der Waals surface area contributed by atoms with Crippen LogP contribution in [0.3, 0.4) is 0 Å². The fourth-order valence-electron chi connectivity index (χ4n) is 1.89. The lowest BCUT2D eigenvalue weighted by Crippen LogP contribution is -2.32. The third-order valence-electron chi connectivity index (χ3n) is 2.56. The summed E-state index contributed by atoms with van der Waals surface area (Å²) < 4.78 is 0. The van der Waals surface area contributed by atoms with Crippen LogP contribution in [0.2, 0.25) is 0 Å². The highest BCUT2D eigenvalue weighted by molar-refractivity contribution is 5.71. The van der Waals surface area contributed by atoms with E-state index in [-0.39, 0.29) is 12.0 Å². The van der Waals surface area contributed by atoms with Crippen LogP contribution in [-0.4, -0.2) is 35.6 Å². The number of likely N-dealkylation sites (tertiary alicyclic amines) is 1. The third kappa shape index (κ3) is 1.53. The Hall–Kier alpha value is -0.570. The number of carbonyl (C=O) groups is 1. The van der Waals surface area contributed by atoms with E-state index in [1.54, 1.807) is 0 Å². The van der Waals surface area contributed by atoms with Crippen LogP contribution in [0, 0.1) is 5.92 Å². The van der Waals surface area contributed by atoms with Gasteiger partial charge in [-0.2, -0.15) is 0 Å². The van der Waals surface area contributed by atoms with Gasteiger partial charge < -0.3 is 10.0 Å². The molecule has 0 amide bonds. The number of aliphatic carboxylic acids is 1. The Morgan fingerprint density at radius 3 is 2.73 bits per heavy atom. The highest BCUT2D eigenvalue weighted by Crippen LogP contribution is 2.24. The fraction of sp³-hybridized carbons (Fsp3) is 0.875. The van der Waals surface area contributed by atoms with Gasteiger partial charge in [-0.05, 0) is 26.4 Å². The van der Waals surface area contributed by atoms with Crippen molar-refractivity contribution < 1.29 is 9.90 Å². The molecule has 1 heterocycles. The summed E-state index contributed by atoms with van der Waals surface area (Å²) in [6, 6.07) is 0.257. The van der Waals surface area contributed by atoms with Crippen molar-refractivity contribution in [1.82, 2.24) is 4.90 Å². The molecule has 1 fully saturated rings. The van der Waals surface area contributed by atoms with E-state index < -0.39 is 5.97 Å². The first-order valence-electron chi connectivity index (χ1n) is 4.09. The molecule has 1 N–H and O–H groups in total. The van der Waals surface area contributed by atoms with Gasteiger partial charge in [0.15, 0.2) is 0 Å². The summed E-state index contributed by atoms with van der Waals surface area (Å²) in [4.78, 5) is 12.8. The molecule has 0 unspecified atom stereocenters. The molecular weight excluding hydrogens is 142 g/mol. The van der Waals surface area contributed by atoms with E-state index in [1.807, 2.05) is 14.0 Å². The molecule has 3 nitrogen and oxygen atoms in total. The van der Waals surface area contributed by atoms with Crippen molar-refractivity contribution in [1.29, 1.82) is 0 Å². The van der Waals surface area contributed by atoms with Gasteiger partial charge in [-0.25, -0.2) is 0 Å². The second-order valence-corrected chi connectivity index (χ2v) is 3.19. The number of rotatable bonds is 2. The molecule has 0 saturated carbocycles. The van der Waals surface area contributed by atoms with Crippen LogP contribution in [-0.2, 0) is 4.79 Å². The van der Waals surface area contributed by atoms with Gasteiger partial charge in [-0.15, -0.1) is 0 Å². The molecule has 0 spiro atoms. The summed E-state index contributed by atoms with van der Waals surface area (Å²) in [6.45, 7) is 2.97. The summed E-state index contributed by atoms with van der Waals surface area (Å²) in [5.74, 6) is -0.772. The highest BCUT2D eigenvalue weighted by Gasteiger charge is 2.35. The standard InChI is InChI=1S/C8H15NO2/c1-3-7-6(8(10)11)4-5-9(7)2/h6-7H,3-5H2,1-2H3,(H,10,11)/t6-,7-/m1/s1. The molecule has 0 aromatic rings. The first kappa shape index (κ1) is 8.53. The molecular formula is C8H15NO2. The van der Waals surface area contributed by atoms with Gasteiger partial charge in [0, 0.05) is 6.04 Å². The Kier molecular flexibility index (Phi) is 2.49. The summed E-state index contributed by atoms with van der Waals surface area (Å²) in [5.41, 5.74) is 0. The van der Waals surface area contributed by atoms with E-state index in [0.29, 0.717) is 0 Å². The van der Waals surface area contributed by atoms with Gasteiger partial charge in [0.05, 0.1) is 5.92 Å². The predicted molar refractivity (Wildman–Crippen MR) is 42.5 cm³/mol. The SMILES string of the molecule is CC[C@@H]1[C@H](C(=O)O)CCN1C. The zero-order valence-electron chi connectivity index (χ0n) is 7.08. The average Bonchev–Trinajstić information content (AvgIpc) is 2.30. The minimum Gasteiger partial charge on any atom is -0.481 e. The Balaban J connectivity index is 2.61. The molecule has 64 valence electrons. The smallest absolute Gasteiger partial charge is 0.308 e. The molecule has 3 heteroatoms. The Morgan fingerprint density at radius 2 is 2.36 bits per heavy atom.